The van der Waals surface area contributed by atoms with Crippen LogP contribution >= 0.6 is 0 Å². The zero-order valence-corrected chi connectivity index (χ0v) is 41.0. The summed E-state index contributed by atoms with van der Waals surface area (Å²) in [5, 5.41) is 178. The van der Waals surface area contributed by atoms with Crippen molar-refractivity contribution in [3.63, 3.8) is 0 Å². The second-order valence-corrected chi connectivity index (χ2v) is 18.6. The first-order valence-electron chi connectivity index (χ1n) is 23.7. The normalized spacial score (nSPS) is 44.9. The maximum Gasteiger partial charge on any atom is 0.371 e. The number of carboxylic acids is 3. The van der Waals surface area contributed by atoms with Gasteiger partial charge in [0.2, 0.25) is 29.8 Å². The SMILES string of the molecule is CC(=O)N[C@H]1[C@@H](O[C@@H]2C(C(=O)O)O[C@@H](OC3[C@@H](CO)O[C@H](O[C@@H]4C(C(=O)O)O[C@@H](OC5[C@@H](CO)O[C@H](O)[C@H](NC(C)=O)[C@H]5O)[C@H](O)[C@H]4O)[C@H](NC(C)=O)[C@H]3O)[C@H](O)[C@H]2O)O[C@H](CO)C(O[C@@H]2OC(C(=O)O)=C[C@H](O)C2O)[C@@H]1O. The number of aliphatic carboxylic acids is 3. The van der Waals surface area contributed by atoms with Crippen LogP contribution in [0.15, 0.2) is 11.8 Å². The van der Waals surface area contributed by atoms with E-state index in [-0.39, 0.29) is 0 Å². The topological polar surface area (TPSA) is 564 Å². The number of amides is 3. The van der Waals surface area contributed by atoms with Crippen molar-refractivity contribution in [2.45, 2.75) is 193 Å². The quantitative estimate of drug-likeness (QED) is 0.0571. The van der Waals surface area contributed by atoms with E-state index in [1.54, 1.807) is 0 Å². The number of rotatable bonds is 19. The molecule has 0 bridgehead atoms. The molecule has 444 valence electrons. The Morgan fingerprint density at radius 3 is 1.14 bits per heavy atom. The van der Waals surface area contributed by atoms with Crippen LogP contribution in [-0.4, -0.2) is 309 Å². The Balaban J connectivity index is 1.18. The first-order valence-corrected chi connectivity index (χ1v) is 23.7. The molecule has 36 nitrogen and oxygen atoms in total. The Kier molecular flexibility index (Phi) is 21.2. The van der Waals surface area contributed by atoms with Crippen LogP contribution in [0.1, 0.15) is 20.8 Å². The molecule has 0 aromatic rings. The number of carbonyl (C=O) groups excluding carboxylic acids is 3. The predicted molar refractivity (Wildman–Crippen MR) is 234 cm³/mol. The van der Waals surface area contributed by atoms with Crippen LogP contribution in [-0.2, 0) is 80.9 Å². The maximum atomic E-state index is 12.8. The first-order chi connectivity index (χ1) is 36.6. The van der Waals surface area contributed by atoms with Crippen LogP contribution in [0, 0.1) is 0 Å². The minimum absolute atomic E-state index is 0.640. The summed E-state index contributed by atoms with van der Waals surface area (Å²) < 4.78 is 61.0. The largest absolute Gasteiger partial charge is 0.479 e. The fraction of sp³-hybridized carbons (Fsp3) is 0.810. The number of carbonyl (C=O) groups is 6. The Morgan fingerprint density at radius 2 is 0.782 bits per heavy atom. The van der Waals surface area contributed by atoms with Gasteiger partial charge in [0.05, 0.1) is 19.8 Å². The molecule has 0 radical (unpaired) electrons. The van der Waals surface area contributed by atoms with Gasteiger partial charge in [-0.1, -0.05) is 0 Å². The zero-order valence-electron chi connectivity index (χ0n) is 41.0. The van der Waals surface area contributed by atoms with Gasteiger partial charge in [0.1, 0.15) is 122 Å². The molecule has 28 atom stereocenters. The highest BCUT2D eigenvalue weighted by Crippen LogP contribution is 2.37. The monoisotopic (exact) mass is 1140 g/mol. The highest BCUT2D eigenvalue weighted by Gasteiger charge is 2.59. The van der Waals surface area contributed by atoms with Gasteiger partial charge in [-0.25, -0.2) is 14.4 Å². The van der Waals surface area contributed by atoms with Gasteiger partial charge in [0.15, 0.2) is 43.7 Å². The summed E-state index contributed by atoms with van der Waals surface area (Å²) >= 11 is 0. The third-order valence-corrected chi connectivity index (χ3v) is 13.1. The minimum Gasteiger partial charge on any atom is -0.479 e. The van der Waals surface area contributed by atoms with Crippen molar-refractivity contribution in [2.75, 3.05) is 19.8 Å². The van der Waals surface area contributed by atoms with Gasteiger partial charge in [-0.05, 0) is 6.08 Å². The maximum absolute atomic E-state index is 12.8. The fourth-order valence-electron chi connectivity index (χ4n) is 9.37. The van der Waals surface area contributed by atoms with Crippen molar-refractivity contribution in [2.24, 2.45) is 0 Å². The van der Waals surface area contributed by atoms with Gasteiger partial charge in [-0.2, -0.15) is 0 Å². The minimum atomic E-state index is -2.44. The van der Waals surface area contributed by atoms with Gasteiger partial charge in [0.25, 0.3) is 0 Å². The van der Waals surface area contributed by atoms with E-state index in [9.17, 15) is 110 Å². The van der Waals surface area contributed by atoms with E-state index in [4.69, 9.17) is 52.1 Å². The summed E-state index contributed by atoms with van der Waals surface area (Å²) in [6.45, 7) is -0.344. The lowest BCUT2D eigenvalue weighted by atomic mass is 9.93. The summed E-state index contributed by atoms with van der Waals surface area (Å²) in [6, 6.07) is -5.40. The zero-order chi connectivity index (χ0) is 57.9. The first kappa shape index (κ1) is 62.6. The Labute approximate surface area is 438 Å². The Bertz CT molecular complexity index is 2140. The van der Waals surface area contributed by atoms with Crippen LogP contribution in [0.2, 0.25) is 0 Å². The smallest absolute Gasteiger partial charge is 0.371 e. The molecule has 0 aromatic heterocycles. The van der Waals surface area contributed by atoms with E-state index in [1.807, 2.05) is 0 Å². The molecule has 6 rings (SSSR count). The molecule has 19 N–H and O–H groups in total. The molecule has 6 aliphatic rings. The van der Waals surface area contributed by atoms with Gasteiger partial charge >= 0.3 is 17.9 Å². The number of ether oxygens (including phenoxy) is 11. The molecule has 6 aliphatic heterocycles. The molecule has 0 aliphatic carbocycles. The average Bonchev–Trinajstić information content (AvgIpc) is 3.43. The standard InChI is InChI=1S/C42H63N3O33/c1-8(49)43-16-20(54)27(13(5-46)68-37(16)67)73-41-25(59)23(57)30(32(77-41)35(63)64)76-39-18(45-10(3)51)22(56)29(15(7-48)71-39)74-42-26(60)24(58)31(33(78-42)36(65)66)75-38-17(44-9(2)50)21(55)28(14(6-47)70-38)72-40-19(53)11(52)4-12(69-40)34(61)62/h4,11,13-33,37-42,46-48,52-60,67H,5-7H2,1-3H3,(H,43,49)(H,44,50)(H,45,51)(H,61,62)(H,63,64)(H,65,66)/t11-,13+,14+,15+,16+,17+,18+,19?,20+,21+,22+,23+,24+,25+,26+,27?,28?,29?,30-,31-,32?,33?,37-,38+,39+,40-,41+,42+/m0/s1. The van der Waals surface area contributed by atoms with Crippen LogP contribution in [0.5, 0.6) is 0 Å². The summed E-state index contributed by atoms with van der Waals surface area (Å²) in [4.78, 5) is 73.6. The molecule has 3 amide bonds. The molecule has 0 saturated carbocycles. The van der Waals surface area contributed by atoms with Crippen LogP contribution in [0.3, 0.4) is 0 Å². The van der Waals surface area contributed by atoms with Gasteiger partial charge in [0, 0.05) is 20.8 Å². The highest BCUT2D eigenvalue weighted by atomic mass is 16.8. The molecule has 5 fully saturated rings. The number of hydrogen-bond donors (Lipinski definition) is 19. The molecular weight excluding hydrogens is 1070 g/mol. The van der Waals surface area contributed by atoms with Gasteiger partial charge in [-0.15, -0.1) is 0 Å². The number of aliphatic hydroxyl groups is 13. The second kappa shape index (κ2) is 26.4. The molecule has 36 heteroatoms. The Morgan fingerprint density at radius 1 is 0.436 bits per heavy atom. The molecule has 5 saturated heterocycles. The van der Waals surface area contributed by atoms with Crippen molar-refractivity contribution in [1.82, 2.24) is 16.0 Å². The molecule has 78 heavy (non-hydrogen) atoms. The Hall–Kier alpha value is -4.56. The molecule has 6 heterocycles. The van der Waals surface area contributed by atoms with E-state index in [1.165, 1.54) is 0 Å². The molecule has 0 spiro atoms. The summed E-state index contributed by atoms with van der Waals surface area (Å²) in [5.41, 5.74) is 0. The lowest BCUT2D eigenvalue weighted by Crippen LogP contribution is -2.71. The van der Waals surface area contributed by atoms with E-state index >= 15 is 0 Å². The second-order valence-electron chi connectivity index (χ2n) is 18.6. The van der Waals surface area contributed by atoms with E-state index < -0.39 is 233 Å². The van der Waals surface area contributed by atoms with E-state index in [0.717, 1.165) is 20.8 Å². The lowest BCUT2D eigenvalue weighted by molar-refractivity contribution is -0.377. The number of hydrogen-bond acceptors (Lipinski definition) is 30. The van der Waals surface area contributed by atoms with E-state index in [0.29, 0.717) is 6.08 Å². The number of aliphatic hydroxyl groups excluding tert-OH is 13. The molecule has 0 aromatic carbocycles. The van der Waals surface area contributed by atoms with Gasteiger partial charge in [-0.3, -0.25) is 14.4 Å². The van der Waals surface area contributed by atoms with Crippen molar-refractivity contribution in [3.8, 4) is 0 Å². The highest BCUT2D eigenvalue weighted by molar-refractivity contribution is 5.84. The molecule has 6 unspecified atom stereocenters. The van der Waals surface area contributed by atoms with Crippen LogP contribution < -0.4 is 16.0 Å². The molecular formula is C42H63N3O33. The summed E-state index contributed by atoms with van der Waals surface area (Å²) in [7, 11) is 0. The van der Waals surface area contributed by atoms with E-state index in [2.05, 4.69) is 16.0 Å². The predicted octanol–water partition coefficient (Wildman–Crippen LogP) is -12.2. The van der Waals surface area contributed by atoms with Crippen molar-refractivity contribution in [1.29, 1.82) is 0 Å². The third-order valence-electron chi connectivity index (χ3n) is 13.1. The van der Waals surface area contributed by atoms with Crippen molar-refractivity contribution in [3.05, 3.63) is 11.8 Å². The van der Waals surface area contributed by atoms with Crippen LogP contribution in [0.4, 0.5) is 0 Å². The number of nitrogens with one attached hydrogen (secondary N) is 3. The lowest BCUT2D eigenvalue weighted by Gasteiger charge is -2.50. The number of carboxylic acid groups (broad SMARTS) is 3. The summed E-state index contributed by atoms with van der Waals surface area (Å²) in [6.07, 6.45) is -52.1. The average molecular weight is 1140 g/mol. The van der Waals surface area contributed by atoms with Gasteiger partial charge < -0.3 is 150 Å². The summed E-state index contributed by atoms with van der Waals surface area (Å²) in [5.74, 6) is -9.08. The fourth-order valence-corrected chi connectivity index (χ4v) is 9.37. The van der Waals surface area contributed by atoms with Crippen molar-refractivity contribution >= 4 is 35.6 Å². The van der Waals surface area contributed by atoms with Crippen molar-refractivity contribution < 1.29 is 163 Å². The third kappa shape index (κ3) is 13.6. The van der Waals surface area contributed by atoms with Crippen LogP contribution in [0.25, 0.3) is 0 Å².